The fourth-order valence-electron chi connectivity index (χ4n) is 1.87. The van der Waals surface area contributed by atoms with Crippen molar-refractivity contribution in [3.8, 4) is 0 Å². The number of ether oxygens (including phenoxy) is 1. The molecule has 0 bridgehead atoms. The molecule has 0 spiro atoms. The molecule has 2 aromatic rings. The summed E-state index contributed by atoms with van der Waals surface area (Å²) in [4.78, 5) is 29.0. The van der Waals surface area contributed by atoms with Gasteiger partial charge in [0.25, 0.3) is 5.91 Å². The van der Waals surface area contributed by atoms with Gasteiger partial charge in [-0.25, -0.2) is 9.78 Å². The first-order valence-corrected chi connectivity index (χ1v) is 9.51. The first-order chi connectivity index (χ1) is 12.4. The van der Waals surface area contributed by atoms with Crippen LogP contribution in [0.25, 0.3) is 6.08 Å². The SMILES string of the molecule is CSc1ccc(C=CC(=O)OC(C)C(=O)Nc2ncc(Cl)cc2Cl)cc1. The van der Waals surface area contributed by atoms with E-state index in [4.69, 9.17) is 27.9 Å². The number of carbonyl (C=O) groups is 2. The Kier molecular flexibility index (Phi) is 7.50. The summed E-state index contributed by atoms with van der Waals surface area (Å²) in [6.45, 7) is 1.46. The molecule has 0 saturated carbocycles. The molecule has 0 saturated heterocycles. The van der Waals surface area contributed by atoms with Crippen molar-refractivity contribution in [2.75, 3.05) is 11.6 Å². The summed E-state index contributed by atoms with van der Waals surface area (Å²) >= 11 is 13.3. The van der Waals surface area contributed by atoms with Crippen LogP contribution in [0, 0.1) is 0 Å². The number of hydrogen-bond donors (Lipinski definition) is 1. The number of aromatic nitrogens is 1. The average Bonchev–Trinajstić information content (AvgIpc) is 2.62. The zero-order chi connectivity index (χ0) is 19.1. The van der Waals surface area contributed by atoms with Crippen molar-refractivity contribution in [2.24, 2.45) is 0 Å². The molecular formula is C18H16Cl2N2O3S. The molecule has 1 aromatic carbocycles. The van der Waals surface area contributed by atoms with E-state index in [1.54, 1.807) is 17.8 Å². The van der Waals surface area contributed by atoms with E-state index in [9.17, 15) is 9.59 Å². The van der Waals surface area contributed by atoms with Gasteiger partial charge in [0.2, 0.25) is 0 Å². The highest BCUT2D eigenvalue weighted by Crippen LogP contribution is 2.22. The third kappa shape index (κ3) is 6.05. The van der Waals surface area contributed by atoms with Gasteiger partial charge in [-0.15, -0.1) is 11.8 Å². The molecule has 0 aliphatic rings. The van der Waals surface area contributed by atoms with Crippen molar-refractivity contribution in [1.29, 1.82) is 0 Å². The molecule has 1 unspecified atom stereocenters. The molecular weight excluding hydrogens is 395 g/mol. The number of pyridine rings is 1. The molecule has 0 aliphatic carbocycles. The minimum atomic E-state index is -1.01. The predicted molar refractivity (Wildman–Crippen MR) is 106 cm³/mol. The van der Waals surface area contributed by atoms with Crippen molar-refractivity contribution in [3.05, 3.63) is 58.2 Å². The molecule has 0 aliphatic heterocycles. The summed E-state index contributed by atoms with van der Waals surface area (Å²) < 4.78 is 5.08. The Hall–Kier alpha value is -2.02. The van der Waals surface area contributed by atoms with Gasteiger partial charge in [-0.05, 0) is 43.0 Å². The Morgan fingerprint density at radius 1 is 1.27 bits per heavy atom. The molecule has 1 aromatic heterocycles. The molecule has 136 valence electrons. The van der Waals surface area contributed by atoms with Gasteiger partial charge in [0.15, 0.2) is 11.9 Å². The molecule has 1 N–H and O–H groups in total. The van der Waals surface area contributed by atoms with Gasteiger partial charge in [-0.1, -0.05) is 35.3 Å². The third-order valence-electron chi connectivity index (χ3n) is 3.24. The topological polar surface area (TPSA) is 68.3 Å². The Labute approximate surface area is 165 Å². The molecule has 5 nitrogen and oxygen atoms in total. The van der Waals surface area contributed by atoms with Gasteiger partial charge in [-0.3, -0.25) is 4.79 Å². The Morgan fingerprint density at radius 3 is 2.58 bits per heavy atom. The highest BCUT2D eigenvalue weighted by molar-refractivity contribution is 7.98. The van der Waals surface area contributed by atoms with Crippen molar-refractivity contribution in [2.45, 2.75) is 17.9 Å². The van der Waals surface area contributed by atoms with E-state index in [0.717, 1.165) is 10.5 Å². The Bertz CT molecular complexity index is 826. The van der Waals surface area contributed by atoms with Gasteiger partial charge < -0.3 is 10.1 Å². The third-order valence-corrected chi connectivity index (χ3v) is 4.48. The number of anilines is 1. The number of rotatable bonds is 6. The summed E-state index contributed by atoms with van der Waals surface area (Å²) in [7, 11) is 0. The number of benzene rings is 1. The van der Waals surface area contributed by atoms with Crippen LogP contribution in [-0.4, -0.2) is 29.2 Å². The van der Waals surface area contributed by atoms with Crippen molar-refractivity contribution < 1.29 is 14.3 Å². The van der Waals surface area contributed by atoms with Gasteiger partial charge in [0.05, 0.1) is 10.0 Å². The zero-order valence-electron chi connectivity index (χ0n) is 14.0. The van der Waals surface area contributed by atoms with Crippen LogP contribution in [0.3, 0.4) is 0 Å². The molecule has 26 heavy (non-hydrogen) atoms. The highest BCUT2D eigenvalue weighted by Gasteiger charge is 2.18. The van der Waals surface area contributed by atoms with E-state index in [1.165, 1.54) is 25.3 Å². The number of amides is 1. The van der Waals surface area contributed by atoms with Gasteiger partial charge in [0.1, 0.15) is 0 Å². The number of hydrogen-bond acceptors (Lipinski definition) is 5. The summed E-state index contributed by atoms with van der Waals surface area (Å²) in [5.41, 5.74) is 0.856. The normalized spacial score (nSPS) is 12.0. The molecule has 0 fully saturated rings. The second-order valence-electron chi connectivity index (χ2n) is 5.16. The zero-order valence-corrected chi connectivity index (χ0v) is 16.4. The molecule has 2 rings (SSSR count). The number of nitrogens with one attached hydrogen (secondary N) is 1. The van der Waals surface area contributed by atoms with E-state index < -0.39 is 18.0 Å². The maximum Gasteiger partial charge on any atom is 0.331 e. The second-order valence-corrected chi connectivity index (χ2v) is 6.88. The monoisotopic (exact) mass is 410 g/mol. The van der Waals surface area contributed by atoms with Crippen LogP contribution in [0.1, 0.15) is 12.5 Å². The number of thioether (sulfide) groups is 1. The maximum atomic E-state index is 12.1. The van der Waals surface area contributed by atoms with Gasteiger partial charge in [0, 0.05) is 17.2 Å². The first kappa shape index (κ1) is 20.3. The summed E-state index contributed by atoms with van der Waals surface area (Å²) in [6, 6.07) is 9.14. The largest absolute Gasteiger partial charge is 0.449 e. The lowest BCUT2D eigenvalue weighted by molar-refractivity contribution is -0.148. The predicted octanol–water partition coefficient (Wildman–Crippen LogP) is 4.69. The lowest BCUT2D eigenvalue weighted by atomic mass is 10.2. The molecule has 1 amide bonds. The first-order valence-electron chi connectivity index (χ1n) is 7.53. The van der Waals surface area contributed by atoms with Crippen LogP contribution in [0.2, 0.25) is 10.0 Å². The van der Waals surface area contributed by atoms with Crippen LogP contribution in [-0.2, 0) is 14.3 Å². The molecule has 8 heteroatoms. The van der Waals surface area contributed by atoms with E-state index in [0.29, 0.717) is 5.02 Å². The molecule has 0 radical (unpaired) electrons. The van der Waals surface area contributed by atoms with E-state index in [1.807, 2.05) is 30.5 Å². The van der Waals surface area contributed by atoms with Crippen LogP contribution in [0.5, 0.6) is 0 Å². The quantitative estimate of drug-likeness (QED) is 0.424. The van der Waals surface area contributed by atoms with E-state index in [-0.39, 0.29) is 10.8 Å². The Morgan fingerprint density at radius 2 is 1.96 bits per heavy atom. The van der Waals surface area contributed by atoms with Crippen LogP contribution in [0.15, 0.2) is 47.5 Å². The number of carbonyl (C=O) groups excluding carboxylic acids is 2. The summed E-state index contributed by atoms with van der Waals surface area (Å²) in [5.74, 6) is -1.03. The van der Waals surface area contributed by atoms with Crippen LogP contribution < -0.4 is 5.32 Å². The van der Waals surface area contributed by atoms with Crippen molar-refractivity contribution in [1.82, 2.24) is 4.98 Å². The molecule has 1 atom stereocenters. The van der Waals surface area contributed by atoms with Crippen molar-refractivity contribution in [3.63, 3.8) is 0 Å². The van der Waals surface area contributed by atoms with Gasteiger partial charge >= 0.3 is 5.97 Å². The average molecular weight is 411 g/mol. The highest BCUT2D eigenvalue weighted by atomic mass is 35.5. The fourth-order valence-corrected chi connectivity index (χ4v) is 2.71. The fraction of sp³-hybridized carbons (Fsp3) is 0.167. The molecule has 1 heterocycles. The Balaban J connectivity index is 1.90. The van der Waals surface area contributed by atoms with Crippen LogP contribution >= 0.6 is 35.0 Å². The van der Waals surface area contributed by atoms with Crippen molar-refractivity contribution >= 4 is 58.7 Å². The van der Waals surface area contributed by atoms with Crippen LogP contribution in [0.4, 0.5) is 5.82 Å². The van der Waals surface area contributed by atoms with E-state index >= 15 is 0 Å². The standard InChI is InChI=1S/C18H16Cl2N2O3S/c1-11(18(24)22-17-15(20)9-13(19)10-21-17)25-16(23)8-5-12-3-6-14(26-2)7-4-12/h3-11H,1-2H3,(H,21,22,24). The van der Waals surface area contributed by atoms with Gasteiger partial charge in [-0.2, -0.15) is 0 Å². The summed E-state index contributed by atoms with van der Waals surface area (Å²) in [6.07, 6.45) is 5.21. The number of esters is 1. The number of halogens is 2. The summed E-state index contributed by atoms with van der Waals surface area (Å²) in [5, 5.41) is 3.03. The second kappa shape index (κ2) is 9.62. The van der Waals surface area contributed by atoms with E-state index in [2.05, 4.69) is 10.3 Å². The number of nitrogens with zero attached hydrogens (tertiary/aromatic N) is 1. The minimum Gasteiger partial charge on any atom is -0.449 e. The maximum absolute atomic E-state index is 12.1. The minimum absolute atomic E-state index is 0.147. The lowest BCUT2D eigenvalue weighted by Crippen LogP contribution is -2.29. The smallest absolute Gasteiger partial charge is 0.331 e. The lowest BCUT2D eigenvalue weighted by Gasteiger charge is -2.12.